The Morgan fingerprint density at radius 3 is 2.28 bits per heavy atom. The fraction of sp³-hybridized carbons (Fsp3) is 0.722. The van der Waals surface area contributed by atoms with Gasteiger partial charge in [-0.2, -0.15) is 0 Å². The average Bonchev–Trinajstić information content (AvgIpc) is 2.77. The zero-order chi connectivity index (χ0) is 18.2. The van der Waals surface area contributed by atoms with Crippen molar-refractivity contribution in [3.8, 4) is 0 Å². The summed E-state index contributed by atoms with van der Waals surface area (Å²) in [6.45, 7) is 12.9. The van der Waals surface area contributed by atoms with Crippen LogP contribution in [0.2, 0.25) is 0 Å². The van der Waals surface area contributed by atoms with Gasteiger partial charge in [-0.25, -0.2) is 0 Å². The zero-order valence-electron chi connectivity index (χ0n) is 16.3. The highest BCUT2D eigenvalue weighted by molar-refractivity contribution is 6.62. The molecule has 3 heterocycles. The largest absolute Gasteiger partial charge is 0.496 e. The fourth-order valence-electron chi connectivity index (χ4n) is 3.17. The van der Waals surface area contributed by atoms with Crippen molar-refractivity contribution < 1.29 is 14.0 Å². The van der Waals surface area contributed by atoms with Crippen LogP contribution in [-0.2, 0) is 20.7 Å². The molecule has 0 amide bonds. The van der Waals surface area contributed by atoms with Gasteiger partial charge >= 0.3 is 7.12 Å². The van der Waals surface area contributed by atoms with Crippen molar-refractivity contribution in [2.45, 2.75) is 45.5 Å². The van der Waals surface area contributed by atoms with Gasteiger partial charge in [0.05, 0.1) is 35.4 Å². The van der Waals surface area contributed by atoms with Gasteiger partial charge in [-0.3, -0.25) is 4.98 Å². The number of methoxy groups -OCH3 is 1. The highest BCUT2D eigenvalue weighted by atomic mass is 16.7. The van der Waals surface area contributed by atoms with Crippen LogP contribution in [0.5, 0.6) is 0 Å². The van der Waals surface area contributed by atoms with Gasteiger partial charge in [0.15, 0.2) is 0 Å². The molecule has 0 radical (unpaired) electrons. The minimum Gasteiger partial charge on any atom is -0.399 e. The van der Waals surface area contributed by atoms with Crippen molar-refractivity contribution in [1.29, 1.82) is 0 Å². The minimum atomic E-state index is -0.421. The van der Waals surface area contributed by atoms with E-state index in [4.69, 9.17) is 14.0 Å². The standard InChI is InChI=1S/C18H30BN3O3/c1-17(2)18(3,4)25-19(24-17)15-11-14(12-20-16(15)13-23-6)22-9-7-21(5)8-10-22/h11-12H,7-10,13H2,1-6H3. The van der Waals surface area contributed by atoms with Crippen molar-refractivity contribution in [3.05, 3.63) is 18.0 Å². The fourth-order valence-corrected chi connectivity index (χ4v) is 3.17. The van der Waals surface area contributed by atoms with Gasteiger partial charge in [0.25, 0.3) is 0 Å². The molecule has 1 aromatic rings. The molecule has 2 saturated heterocycles. The van der Waals surface area contributed by atoms with Gasteiger partial charge in [-0.15, -0.1) is 0 Å². The third-order valence-corrected chi connectivity index (χ3v) is 5.65. The maximum Gasteiger partial charge on any atom is 0.496 e. The maximum atomic E-state index is 6.25. The molecule has 0 saturated carbocycles. The van der Waals surface area contributed by atoms with Gasteiger partial charge < -0.3 is 23.8 Å². The summed E-state index contributed by atoms with van der Waals surface area (Å²) in [6.07, 6.45) is 1.94. The van der Waals surface area contributed by atoms with E-state index in [1.807, 2.05) is 6.20 Å². The molecule has 0 unspecified atom stereocenters. The van der Waals surface area contributed by atoms with Crippen LogP contribution in [0.1, 0.15) is 33.4 Å². The molecule has 25 heavy (non-hydrogen) atoms. The predicted molar refractivity (Wildman–Crippen MR) is 100 cm³/mol. The summed E-state index contributed by atoms with van der Waals surface area (Å²) in [4.78, 5) is 9.38. The number of pyridine rings is 1. The predicted octanol–water partition coefficient (Wildman–Crippen LogP) is 1.28. The Morgan fingerprint density at radius 2 is 1.72 bits per heavy atom. The molecule has 0 bridgehead atoms. The lowest BCUT2D eigenvalue weighted by Gasteiger charge is -2.34. The molecule has 3 rings (SSSR count). The summed E-state index contributed by atoms with van der Waals surface area (Å²) in [5.74, 6) is 0. The first-order valence-corrected chi connectivity index (χ1v) is 9.00. The molecule has 2 fully saturated rings. The van der Waals surface area contributed by atoms with Crippen molar-refractivity contribution in [1.82, 2.24) is 9.88 Å². The molecular formula is C18H30BN3O3. The van der Waals surface area contributed by atoms with Crippen LogP contribution < -0.4 is 10.4 Å². The van der Waals surface area contributed by atoms with Crippen LogP contribution in [0.15, 0.2) is 12.3 Å². The second-order valence-corrected chi connectivity index (χ2v) is 8.04. The van der Waals surface area contributed by atoms with Crippen LogP contribution in [0.25, 0.3) is 0 Å². The SMILES string of the molecule is COCc1ncc(N2CCN(C)CC2)cc1B1OC(C)(C)C(C)(C)O1. The maximum absolute atomic E-state index is 6.25. The first-order valence-electron chi connectivity index (χ1n) is 9.00. The van der Waals surface area contributed by atoms with Crippen molar-refractivity contribution in [2.24, 2.45) is 0 Å². The van der Waals surface area contributed by atoms with E-state index in [0.29, 0.717) is 6.61 Å². The molecule has 2 aliphatic heterocycles. The topological polar surface area (TPSA) is 47.1 Å². The van der Waals surface area contributed by atoms with E-state index in [1.165, 1.54) is 0 Å². The highest BCUT2D eigenvalue weighted by Gasteiger charge is 2.52. The third-order valence-electron chi connectivity index (χ3n) is 5.65. The Labute approximate surface area is 151 Å². The molecule has 2 aliphatic rings. The first kappa shape index (κ1) is 18.6. The molecule has 6 nitrogen and oxygen atoms in total. The van der Waals surface area contributed by atoms with Crippen LogP contribution in [-0.4, -0.2) is 68.5 Å². The lowest BCUT2D eigenvalue weighted by molar-refractivity contribution is 0.00578. The number of hydrogen-bond donors (Lipinski definition) is 0. The first-order chi connectivity index (χ1) is 11.7. The molecule has 0 N–H and O–H groups in total. The second-order valence-electron chi connectivity index (χ2n) is 8.04. The summed E-state index contributed by atoms with van der Waals surface area (Å²) in [7, 11) is 3.42. The Kier molecular flexibility index (Phi) is 5.12. The lowest BCUT2D eigenvalue weighted by atomic mass is 9.77. The summed E-state index contributed by atoms with van der Waals surface area (Å²) in [5.41, 5.74) is 2.23. The summed E-state index contributed by atoms with van der Waals surface area (Å²) in [5, 5.41) is 0. The van der Waals surface area contributed by atoms with Gasteiger partial charge in [0.2, 0.25) is 0 Å². The molecule has 138 valence electrons. The van der Waals surface area contributed by atoms with E-state index in [9.17, 15) is 0 Å². The molecule has 1 aromatic heterocycles. The normalized spacial score (nSPS) is 23.3. The molecule has 7 heteroatoms. The van der Waals surface area contributed by atoms with Crippen LogP contribution in [0.4, 0.5) is 5.69 Å². The van der Waals surface area contributed by atoms with E-state index in [2.05, 4.69) is 55.6 Å². The number of piperazine rings is 1. The third kappa shape index (κ3) is 3.70. The molecular weight excluding hydrogens is 317 g/mol. The Balaban J connectivity index is 1.90. The van der Waals surface area contributed by atoms with E-state index in [1.54, 1.807) is 7.11 Å². The van der Waals surface area contributed by atoms with Crippen LogP contribution in [0, 0.1) is 0 Å². The van der Waals surface area contributed by atoms with Gasteiger partial charge in [-0.1, -0.05) is 0 Å². The molecule has 0 atom stereocenters. The molecule has 0 aliphatic carbocycles. The minimum absolute atomic E-state index is 0.369. The number of hydrogen-bond acceptors (Lipinski definition) is 6. The average molecular weight is 347 g/mol. The zero-order valence-corrected chi connectivity index (χ0v) is 16.3. The Bertz CT molecular complexity index is 600. The summed E-state index contributed by atoms with van der Waals surface area (Å²) >= 11 is 0. The van der Waals surface area contributed by atoms with Crippen molar-refractivity contribution in [3.63, 3.8) is 0 Å². The Hall–Kier alpha value is -1.15. The summed E-state index contributed by atoms with van der Waals surface area (Å²) < 4.78 is 17.8. The van der Waals surface area contributed by atoms with Gasteiger partial charge in [-0.05, 0) is 40.8 Å². The van der Waals surface area contributed by atoms with E-state index in [0.717, 1.165) is 43.0 Å². The van der Waals surface area contributed by atoms with Crippen molar-refractivity contribution >= 4 is 18.3 Å². The number of likely N-dealkylation sites (N-methyl/N-ethyl adjacent to an activating group) is 1. The number of rotatable bonds is 4. The van der Waals surface area contributed by atoms with Gasteiger partial charge in [0.1, 0.15) is 0 Å². The van der Waals surface area contributed by atoms with Gasteiger partial charge in [0, 0.05) is 38.8 Å². The lowest BCUT2D eigenvalue weighted by Crippen LogP contribution is -2.45. The van der Waals surface area contributed by atoms with E-state index in [-0.39, 0.29) is 11.2 Å². The monoisotopic (exact) mass is 347 g/mol. The molecule has 0 aromatic carbocycles. The highest BCUT2D eigenvalue weighted by Crippen LogP contribution is 2.36. The second kappa shape index (κ2) is 6.87. The molecule has 0 spiro atoms. The van der Waals surface area contributed by atoms with E-state index >= 15 is 0 Å². The van der Waals surface area contributed by atoms with E-state index < -0.39 is 7.12 Å². The van der Waals surface area contributed by atoms with Crippen LogP contribution >= 0.6 is 0 Å². The number of anilines is 1. The number of aromatic nitrogens is 1. The number of nitrogens with zero attached hydrogens (tertiary/aromatic N) is 3. The van der Waals surface area contributed by atoms with Crippen LogP contribution in [0.3, 0.4) is 0 Å². The number of ether oxygens (including phenoxy) is 1. The van der Waals surface area contributed by atoms with Crippen molar-refractivity contribution in [2.75, 3.05) is 45.2 Å². The Morgan fingerprint density at radius 1 is 1.12 bits per heavy atom. The quantitative estimate of drug-likeness (QED) is 0.765. The smallest absolute Gasteiger partial charge is 0.399 e. The summed E-state index contributed by atoms with van der Waals surface area (Å²) in [6, 6.07) is 2.16.